The fraction of sp³-hybridized carbons (Fsp3) is 0.115. The zero-order chi connectivity index (χ0) is 25.8. The van der Waals surface area contributed by atoms with Crippen LogP contribution in [0.15, 0.2) is 60.8 Å². The summed E-state index contributed by atoms with van der Waals surface area (Å²) in [5.41, 5.74) is 4.92. The molecule has 4 aromatic rings. The van der Waals surface area contributed by atoms with E-state index in [9.17, 15) is 19.5 Å². The summed E-state index contributed by atoms with van der Waals surface area (Å²) in [5, 5.41) is 34.6. The number of benzene rings is 3. The maximum absolute atomic E-state index is 13.4. The highest BCUT2D eigenvalue weighted by molar-refractivity contribution is 6.07. The van der Waals surface area contributed by atoms with E-state index in [0.717, 1.165) is 17.8 Å². The van der Waals surface area contributed by atoms with E-state index in [-0.39, 0.29) is 18.2 Å². The van der Waals surface area contributed by atoms with Crippen LogP contribution < -0.4 is 10.6 Å². The number of phenolic OH excluding ortho intramolecular Hbond substituents is 1. The monoisotopic (exact) mass is 485 g/mol. The number of rotatable bonds is 7. The van der Waals surface area contributed by atoms with Crippen molar-refractivity contribution in [2.45, 2.75) is 20.4 Å². The summed E-state index contributed by atoms with van der Waals surface area (Å²) in [5.74, 6) is -1.96. The summed E-state index contributed by atoms with van der Waals surface area (Å²) in [4.78, 5) is 37.1. The van der Waals surface area contributed by atoms with E-state index < -0.39 is 11.9 Å². The Morgan fingerprint density at radius 1 is 1.00 bits per heavy atom. The van der Waals surface area contributed by atoms with Crippen LogP contribution in [0.4, 0.5) is 0 Å². The van der Waals surface area contributed by atoms with Gasteiger partial charge in [-0.1, -0.05) is 18.2 Å². The lowest BCUT2D eigenvalue weighted by atomic mass is 9.87. The molecule has 0 saturated carbocycles. The third-order valence-electron chi connectivity index (χ3n) is 5.66. The predicted molar refractivity (Wildman–Crippen MR) is 132 cm³/mol. The number of hydrogen-bond donors (Lipinski definition) is 5. The first-order valence-electron chi connectivity index (χ1n) is 11.0. The Balaban J connectivity index is 1.78. The van der Waals surface area contributed by atoms with E-state index in [1.54, 1.807) is 62.4 Å². The third-order valence-corrected chi connectivity index (χ3v) is 5.66. The highest BCUT2D eigenvalue weighted by Crippen LogP contribution is 2.33. The Morgan fingerprint density at radius 2 is 1.78 bits per heavy atom. The van der Waals surface area contributed by atoms with Crippen molar-refractivity contribution in [1.82, 2.24) is 26.0 Å². The van der Waals surface area contributed by atoms with Gasteiger partial charge in [0.05, 0.1) is 0 Å². The molecule has 36 heavy (non-hydrogen) atoms. The first kappa shape index (κ1) is 24.1. The Morgan fingerprint density at radius 3 is 2.53 bits per heavy atom. The lowest BCUT2D eigenvalue weighted by Crippen LogP contribution is -2.26. The van der Waals surface area contributed by atoms with E-state index in [4.69, 9.17) is 5.11 Å². The normalized spacial score (nSPS) is 11.1. The molecule has 3 aromatic carbocycles. The summed E-state index contributed by atoms with van der Waals surface area (Å²) < 4.78 is 0. The second kappa shape index (κ2) is 10.1. The topological polar surface area (TPSA) is 157 Å². The van der Waals surface area contributed by atoms with Crippen LogP contribution in [-0.2, 0) is 11.3 Å². The molecule has 0 atom stereocenters. The van der Waals surface area contributed by atoms with Crippen molar-refractivity contribution in [3.8, 4) is 16.9 Å². The number of aromatic amines is 1. The molecule has 0 saturated heterocycles. The zero-order valence-corrected chi connectivity index (χ0v) is 19.5. The maximum atomic E-state index is 13.4. The fourth-order valence-corrected chi connectivity index (χ4v) is 4.08. The average molecular weight is 486 g/mol. The minimum absolute atomic E-state index is 0.0994. The molecule has 0 aliphatic carbocycles. The molecule has 1 aromatic heterocycles. The lowest BCUT2D eigenvalue weighted by Gasteiger charge is -2.19. The average Bonchev–Trinajstić information content (AvgIpc) is 3.30. The lowest BCUT2D eigenvalue weighted by molar-refractivity contribution is -0.131. The van der Waals surface area contributed by atoms with Crippen molar-refractivity contribution < 1.29 is 24.6 Å². The van der Waals surface area contributed by atoms with Crippen molar-refractivity contribution in [2.75, 3.05) is 0 Å². The highest BCUT2D eigenvalue weighted by atomic mass is 16.4. The van der Waals surface area contributed by atoms with Gasteiger partial charge >= 0.3 is 5.97 Å². The predicted octanol–water partition coefficient (Wildman–Crippen LogP) is 3.21. The molecule has 0 unspecified atom stereocenters. The number of aryl methyl sites for hydroxylation is 1. The van der Waals surface area contributed by atoms with E-state index in [2.05, 4.69) is 26.0 Å². The van der Waals surface area contributed by atoms with Crippen LogP contribution in [0, 0.1) is 13.8 Å². The number of aliphatic carboxylic acids is 1. The number of amides is 2. The van der Waals surface area contributed by atoms with E-state index in [1.165, 1.54) is 0 Å². The number of aromatic nitrogens is 3. The first-order chi connectivity index (χ1) is 17.2. The largest absolute Gasteiger partial charge is 0.508 e. The van der Waals surface area contributed by atoms with Gasteiger partial charge in [-0.25, -0.2) is 4.79 Å². The molecule has 4 rings (SSSR count). The van der Waals surface area contributed by atoms with Crippen LogP contribution >= 0.6 is 0 Å². The number of carbonyl (C=O) groups is 3. The number of fused-ring (bicyclic) bond motifs is 1. The second-order valence-electron chi connectivity index (χ2n) is 8.14. The number of H-pyrrole nitrogens is 1. The van der Waals surface area contributed by atoms with Gasteiger partial charge in [0, 0.05) is 29.9 Å². The second-order valence-corrected chi connectivity index (χ2v) is 8.14. The zero-order valence-electron chi connectivity index (χ0n) is 19.5. The number of carboxylic acids is 1. The Labute approximate surface area is 205 Å². The highest BCUT2D eigenvalue weighted by Gasteiger charge is 2.23. The summed E-state index contributed by atoms with van der Waals surface area (Å²) in [6, 6.07) is 13.5. The Hall–Kier alpha value is -4.99. The van der Waals surface area contributed by atoms with Crippen molar-refractivity contribution in [3.05, 3.63) is 88.6 Å². The number of carbonyl (C=O) groups excluding carboxylic acids is 2. The molecule has 182 valence electrons. The number of hydrogen-bond acceptors (Lipinski definition) is 6. The molecule has 5 N–H and O–H groups in total. The van der Waals surface area contributed by atoms with Gasteiger partial charge < -0.3 is 20.8 Å². The van der Waals surface area contributed by atoms with E-state index in [0.29, 0.717) is 44.4 Å². The van der Waals surface area contributed by atoms with Gasteiger partial charge in [0.1, 0.15) is 16.8 Å². The molecule has 0 bridgehead atoms. The van der Waals surface area contributed by atoms with Crippen LogP contribution in [0.5, 0.6) is 5.75 Å². The molecular formula is C26H23N5O5. The van der Waals surface area contributed by atoms with Crippen molar-refractivity contribution in [3.63, 3.8) is 0 Å². The van der Waals surface area contributed by atoms with Crippen molar-refractivity contribution in [1.29, 1.82) is 0 Å². The summed E-state index contributed by atoms with van der Waals surface area (Å²) in [6.45, 7) is 3.63. The molecular weight excluding hydrogens is 462 g/mol. The number of phenols is 1. The van der Waals surface area contributed by atoms with Crippen molar-refractivity contribution >= 4 is 28.8 Å². The number of aromatic hydroxyl groups is 1. The fourth-order valence-electron chi connectivity index (χ4n) is 4.08. The molecule has 0 fully saturated rings. The van der Waals surface area contributed by atoms with Crippen molar-refractivity contribution in [2.24, 2.45) is 0 Å². The minimum Gasteiger partial charge on any atom is -0.508 e. The number of nitrogens with one attached hydrogen (secondary N) is 3. The summed E-state index contributed by atoms with van der Waals surface area (Å²) in [7, 11) is 0. The number of carboxylic acid groups (broad SMARTS) is 1. The van der Waals surface area contributed by atoms with Gasteiger partial charge in [0.15, 0.2) is 0 Å². The smallest absolute Gasteiger partial charge is 0.329 e. The molecule has 0 spiro atoms. The third kappa shape index (κ3) is 5.07. The van der Waals surface area contributed by atoms with Gasteiger partial charge in [0.25, 0.3) is 11.8 Å². The summed E-state index contributed by atoms with van der Waals surface area (Å²) >= 11 is 0. The molecule has 10 nitrogen and oxygen atoms in total. The standard InChI is InChI=1S/C26H23N5O5/c1-14-10-19(25(35)28-13-16-4-3-5-18(32)11-16)24(17-6-7-20-21(12-17)30-31-29-20)15(2)23(14)26(36)27-9-8-22(33)34/h3-12,32H,13H2,1-2H3,(H,27,36)(H,28,35)(H,33,34)(H,29,30,31). The van der Waals surface area contributed by atoms with Gasteiger partial charge in [0.2, 0.25) is 0 Å². The number of nitrogens with zero attached hydrogens (tertiary/aromatic N) is 2. The Bertz CT molecular complexity index is 1520. The van der Waals surface area contributed by atoms with Crippen LogP contribution in [0.2, 0.25) is 0 Å². The van der Waals surface area contributed by atoms with Gasteiger partial charge in [-0.2, -0.15) is 15.4 Å². The molecule has 0 aliphatic rings. The van der Waals surface area contributed by atoms with Gasteiger partial charge in [-0.3, -0.25) is 9.59 Å². The molecule has 10 heteroatoms. The molecule has 0 aliphatic heterocycles. The van der Waals surface area contributed by atoms with Crippen LogP contribution in [0.3, 0.4) is 0 Å². The van der Waals surface area contributed by atoms with E-state index >= 15 is 0 Å². The Kier molecular flexibility index (Phi) is 6.77. The molecule has 1 heterocycles. The first-order valence-corrected chi connectivity index (χ1v) is 11.0. The maximum Gasteiger partial charge on any atom is 0.329 e. The van der Waals surface area contributed by atoms with Crippen LogP contribution in [-0.4, -0.2) is 43.4 Å². The van der Waals surface area contributed by atoms with Gasteiger partial charge in [-0.05, 0) is 72.0 Å². The van der Waals surface area contributed by atoms with Crippen LogP contribution in [0.25, 0.3) is 22.2 Å². The quantitative estimate of drug-likeness (QED) is 0.252. The summed E-state index contributed by atoms with van der Waals surface area (Å²) in [6.07, 6.45) is 1.88. The SMILES string of the molecule is Cc1cc(C(=O)NCc2cccc(O)c2)c(-c2ccc3n[nH]nc3c2)c(C)c1C(=O)NC=CC(=O)O. The molecule has 2 amide bonds. The molecule has 0 radical (unpaired) electrons. The van der Waals surface area contributed by atoms with E-state index in [1.807, 2.05) is 0 Å². The minimum atomic E-state index is -1.19. The van der Waals surface area contributed by atoms with Crippen LogP contribution in [0.1, 0.15) is 37.4 Å². The van der Waals surface area contributed by atoms with Gasteiger partial charge in [-0.15, -0.1) is 0 Å².